The van der Waals surface area contributed by atoms with Gasteiger partial charge in [-0.2, -0.15) is 13.2 Å². The Morgan fingerprint density at radius 2 is 1.80 bits per heavy atom. The van der Waals surface area contributed by atoms with Gasteiger partial charge >= 0.3 is 6.18 Å². The van der Waals surface area contributed by atoms with Crippen LogP contribution in [0.2, 0.25) is 0 Å². The van der Waals surface area contributed by atoms with Crippen LogP contribution in [0.15, 0.2) is 0 Å². The molecule has 0 amide bonds. The van der Waals surface area contributed by atoms with Gasteiger partial charge in [0, 0.05) is 5.92 Å². The molecular weight excluding hydrogens is 150 g/mol. The van der Waals surface area contributed by atoms with E-state index in [2.05, 4.69) is 0 Å². The highest BCUT2D eigenvalue weighted by molar-refractivity contribution is 4.72. The molecule has 0 aliphatic rings. The van der Waals surface area contributed by atoms with Crippen LogP contribution in [0.1, 0.15) is 6.92 Å². The largest absolute Gasteiger partial charge is 0.419 e. The molecule has 0 aromatic rings. The minimum absolute atomic E-state index is 0.291. The van der Waals surface area contributed by atoms with Crippen molar-refractivity contribution in [1.29, 1.82) is 0 Å². The molecule has 1 nitrogen and oxygen atoms in total. The summed E-state index contributed by atoms with van der Waals surface area (Å²) < 4.78 is 46.5. The van der Waals surface area contributed by atoms with Crippen molar-refractivity contribution in [3.8, 4) is 0 Å². The number of rotatable bonds is 2. The monoisotopic (exact) mass is 159 g/mol. The van der Waals surface area contributed by atoms with Crippen molar-refractivity contribution in [2.75, 3.05) is 6.54 Å². The average molecular weight is 159 g/mol. The minimum Gasteiger partial charge on any atom is -0.330 e. The Hall–Kier alpha value is -0.320. The summed E-state index contributed by atoms with van der Waals surface area (Å²) in [4.78, 5) is 0. The Labute approximate surface area is 56.2 Å². The molecule has 2 unspecified atom stereocenters. The van der Waals surface area contributed by atoms with Crippen molar-refractivity contribution in [2.24, 2.45) is 11.7 Å². The fraction of sp³-hybridized carbons (Fsp3) is 1.00. The van der Waals surface area contributed by atoms with Gasteiger partial charge in [-0.05, 0) is 6.54 Å². The van der Waals surface area contributed by atoms with Crippen LogP contribution < -0.4 is 5.73 Å². The van der Waals surface area contributed by atoms with Gasteiger partial charge in [0.2, 0.25) is 0 Å². The normalized spacial score (nSPS) is 18.6. The third-order valence-electron chi connectivity index (χ3n) is 1.18. The van der Waals surface area contributed by atoms with Gasteiger partial charge < -0.3 is 5.73 Å². The van der Waals surface area contributed by atoms with Crippen LogP contribution in [-0.2, 0) is 0 Å². The smallest absolute Gasteiger partial charge is 0.330 e. The average Bonchev–Trinajstić information content (AvgIpc) is 1.83. The first kappa shape index (κ1) is 9.68. The third kappa shape index (κ3) is 2.51. The van der Waals surface area contributed by atoms with Gasteiger partial charge in [0.05, 0.1) is 0 Å². The van der Waals surface area contributed by atoms with Crippen LogP contribution in [0.25, 0.3) is 0 Å². The highest BCUT2D eigenvalue weighted by atomic mass is 19.4. The molecule has 0 saturated carbocycles. The lowest BCUT2D eigenvalue weighted by atomic mass is 10.1. The predicted molar refractivity (Wildman–Crippen MR) is 29.2 cm³/mol. The maximum atomic E-state index is 12.1. The van der Waals surface area contributed by atoms with Crippen LogP contribution >= 0.6 is 0 Å². The van der Waals surface area contributed by atoms with E-state index in [1.807, 2.05) is 0 Å². The summed E-state index contributed by atoms with van der Waals surface area (Å²) in [6.45, 7) is 0.832. The number of hydrogen-bond acceptors (Lipinski definition) is 1. The van der Waals surface area contributed by atoms with Crippen molar-refractivity contribution in [3.05, 3.63) is 0 Å². The highest BCUT2D eigenvalue weighted by Gasteiger charge is 2.42. The third-order valence-corrected chi connectivity index (χ3v) is 1.18. The van der Waals surface area contributed by atoms with Crippen LogP contribution in [0.3, 0.4) is 0 Å². The molecule has 0 heterocycles. The van der Waals surface area contributed by atoms with Gasteiger partial charge in [-0.3, -0.25) is 0 Å². The summed E-state index contributed by atoms with van der Waals surface area (Å²) in [6.07, 6.45) is -7.56. The van der Waals surface area contributed by atoms with E-state index >= 15 is 0 Å². The number of halogens is 4. The van der Waals surface area contributed by atoms with Crippen LogP contribution in [-0.4, -0.2) is 18.9 Å². The molecule has 0 saturated heterocycles. The standard InChI is InChI=1S/C5H9F4N/c1-3(2-10)4(6)5(7,8)9/h3-4H,2,10H2,1H3. The fourth-order valence-corrected chi connectivity index (χ4v) is 0.442. The zero-order valence-corrected chi connectivity index (χ0v) is 5.45. The van der Waals surface area contributed by atoms with Gasteiger partial charge in [0.15, 0.2) is 6.17 Å². The molecule has 0 spiro atoms. The van der Waals surface area contributed by atoms with Crippen LogP contribution in [0.5, 0.6) is 0 Å². The molecule has 2 atom stereocenters. The molecule has 10 heavy (non-hydrogen) atoms. The number of alkyl halides is 4. The molecule has 2 N–H and O–H groups in total. The van der Waals surface area contributed by atoms with Gasteiger partial charge in [-0.25, -0.2) is 4.39 Å². The Balaban J connectivity index is 3.94. The maximum Gasteiger partial charge on any atom is 0.419 e. The second-order valence-electron chi connectivity index (χ2n) is 2.16. The summed E-state index contributed by atoms with van der Waals surface area (Å²) in [6, 6.07) is 0. The molecule has 0 aliphatic heterocycles. The second-order valence-corrected chi connectivity index (χ2v) is 2.16. The summed E-state index contributed by atoms with van der Waals surface area (Å²) >= 11 is 0. The molecule has 0 aliphatic carbocycles. The van der Waals surface area contributed by atoms with Gasteiger partial charge in [0.1, 0.15) is 0 Å². The van der Waals surface area contributed by atoms with E-state index in [1.54, 1.807) is 0 Å². The Morgan fingerprint density at radius 1 is 1.40 bits per heavy atom. The van der Waals surface area contributed by atoms with Crippen molar-refractivity contribution in [1.82, 2.24) is 0 Å². The van der Waals surface area contributed by atoms with E-state index in [0.29, 0.717) is 0 Å². The zero-order valence-electron chi connectivity index (χ0n) is 5.45. The molecule has 0 radical (unpaired) electrons. The number of hydrogen-bond donors (Lipinski definition) is 1. The van der Waals surface area contributed by atoms with E-state index in [1.165, 1.54) is 0 Å². The Kier molecular flexibility index (Phi) is 3.08. The van der Waals surface area contributed by atoms with Crippen LogP contribution in [0.4, 0.5) is 17.6 Å². The summed E-state index contributed by atoms with van der Waals surface area (Å²) in [5.74, 6) is -1.15. The lowest BCUT2D eigenvalue weighted by Gasteiger charge is -2.16. The topological polar surface area (TPSA) is 26.0 Å². The zero-order chi connectivity index (χ0) is 8.36. The molecular formula is C5H9F4N. The summed E-state index contributed by atoms with van der Waals surface area (Å²) in [7, 11) is 0. The molecule has 0 rings (SSSR count). The van der Waals surface area contributed by atoms with Crippen molar-refractivity contribution >= 4 is 0 Å². The van der Waals surface area contributed by atoms with Crippen LogP contribution in [0, 0.1) is 5.92 Å². The van der Waals surface area contributed by atoms with Gasteiger partial charge in [0.25, 0.3) is 0 Å². The van der Waals surface area contributed by atoms with E-state index < -0.39 is 18.3 Å². The first-order chi connectivity index (χ1) is 4.39. The minimum atomic E-state index is -4.77. The summed E-state index contributed by atoms with van der Waals surface area (Å²) in [5, 5.41) is 0. The molecule has 0 bridgehead atoms. The quantitative estimate of drug-likeness (QED) is 0.607. The summed E-state index contributed by atoms with van der Waals surface area (Å²) in [5.41, 5.74) is 4.83. The Bertz CT molecular complexity index is 100. The lowest BCUT2D eigenvalue weighted by Crippen LogP contribution is -2.34. The van der Waals surface area contributed by atoms with E-state index in [4.69, 9.17) is 5.73 Å². The molecule has 62 valence electrons. The first-order valence-electron chi connectivity index (χ1n) is 2.80. The maximum absolute atomic E-state index is 12.1. The number of nitrogens with two attached hydrogens (primary N) is 1. The van der Waals surface area contributed by atoms with E-state index in [-0.39, 0.29) is 6.54 Å². The van der Waals surface area contributed by atoms with E-state index in [0.717, 1.165) is 6.92 Å². The van der Waals surface area contributed by atoms with Gasteiger partial charge in [-0.1, -0.05) is 6.92 Å². The Morgan fingerprint density at radius 3 is 1.90 bits per heavy atom. The SMILES string of the molecule is CC(CN)C(F)C(F)(F)F. The predicted octanol–water partition coefficient (Wildman–Crippen LogP) is 1.48. The second kappa shape index (κ2) is 3.18. The fourth-order valence-electron chi connectivity index (χ4n) is 0.442. The van der Waals surface area contributed by atoms with Crippen molar-refractivity contribution < 1.29 is 17.6 Å². The van der Waals surface area contributed by atoms with Crippen molar-refractivity contribution in [2.45, 2.75) is 19.3 Å². The van der Waals surface area contributed by atoms with E-state index in [9.17, 15) is 17.6 Å². The highest BCUT2D eigenvalue weighted by Crippen LogP contribution is 2.27. The molecule has 0 aromatic carbocycles. The van der Waals surface area contributed by atoms with Crippen molar-refractivity contribution in [3.63, 3.8) is 0 Å². The first-order valence-corrected chi connectivity index (χ1v) is 2.80. The lowest BCUT2D eigenvalue weighted by molar-refractivity contribution is -0.191. The van der Waals surface area contributed by atoms with Gasteiger partial charge in [-0.15, -0.1) is 0 Å². The molecule has 5 heteroatoms. The molecule has 0 aromatic heterocycles. The molecule has 0 fully saturated rings.